The van der Waals surface area contributed by atoms with Crippen molar-refractivity contribution in [2.45, 2.75) is 0 Å². The zero-order chi connectivity index (χ0) is 14.7. The fourth-order valence-corrected chi connectivity index (χ4v) is 1.73. The molecule has 0 fully saturated rings. The van der Waals surface area contributed by atoms with E-state index < -0.39 is 17.3 Å². The summed E-state index contributed by atoms with van der Waals surface area (Å²) in [4.78, 5) is 11.9. The van der Waals surface area contributed by atoms with Crippen molar-refractivity contribution in [1.82, 2.24) is 0 Å². The Hall–Kier alpha value is -2.95. The molecule has 2 aromatic rings. The summed E-state index contributed by atoms with van der Waals surface area (Å²) in [6.45, 7) is 0. The molecule has 102 valence electrons. The molecule has 0 aliphatic rings. The Labute approximate surface area is 114 Å². The van der Waals surface area contributed by atoms with Crippen molar-refractivity contribution in [3.8, 4) is 23.0 Å². The molecule has 5 nitrogen and oxygen atoms in total. The van der Waals surface area contributed by atoms with Crippen LogP contribution in [-0.2, 0) is 0 Å². The van der Waals surface area contributed by atoms with E-state index in [-0.39, 0.29) is 17.1 Å². The molecule has 0 bridgehead atoms. The second-order valence-corrected chi connectivity index (χ2v) is 4.15. The molecule has 0 atom stereocenters. The minimum Gasteiger partial charge on any atom is -0.508 e. The molecule has 0 spiro atoms. The molecule has 0 unspecified atom stereocenters. The van der Waals surface area contributed by atoms with Gasteiger partial charge in [0.2, 0.25) is 0 Å². The van der Waals surface area contributed by atoms with E-state index in [4.69, 9.17) is 5.11 Å². The van der Waals surface area contributed by atoms with E-state index in [1.165, 1.54) is 18.2 Å². The molecule has 0 heterocycles. The fraction of sp³-hybridized carbons (Fsp3) is 0. The monoisotopic (exact) mass is 272 g/mol. The van der Waals surface area contributed by atoms with Crippen LogP contribution in [0.15, 0.2) is 42.5 Å². The smallest absolute Gasteiger partial charge is 0.193 e. The molecule has 5 heteroatoms. The SMILES string of the molecule is O=C(C=Cc1cccc(O)c1)c1c(O)cc(O)cc1O. The summed E-state index contributed by atoms with van der Waals surface area (Å²) in [5.74, 6) is -1.91. The molecule has 0 radical (unpaired) electrons. The van der Waals surface area contributed by atoms with Crippen molar-refractivity contribution >= 4 is 11.9 Å². The molecule has 0 saturated heterocycles. The van der Waals surface area contributed by atoms with E-state index in [1.54, 1.807) is 12.1 Å². The van der Waals surface area contributed by atoms with Gasteiger partial charge in [0.1, 0.15) is 28.6 Å². The van der Waals surface area contributed by atoms with Crippen molar-refractivity contribution in [1.29, 1.82) is 0 Å². The maximum atomic E-state index is 11.9. The number of carbonyl (C=O) groups is 1. The van der Waals surface area contributed by atoms with Gasteiger partial charge in [-0.2, -0.15) is 0 Å². The van der Waals surface area contributed by atoms with Crippen LogP contribution in [0, 0.1) is 0 Å². The van der Waals surface area contributed by atoms with Gasteiger partial charge in [-0.25, -0.2) is 0 Å². The predicted octanol–water partition coefficient (Wildman–Crippen LogP) is 2.41. The van der Waals surface area contributed by atoms with Gasteiger partial charge >= 0.3 is 0 Å². The van der Waals surface area contributed by atoms with Crippen LogP contribution in [0.25, 0.3) is 6.08 Å². The van der Waals surface area contributed by atoms with E-state index in [2.05, 4.69) is 0 Å². The van der Waals surface area contributed by atoms with Gasteiger partial charge in [-0.05, 0) is 23.8 Å². The molecular weight excluding hydrogens is 260 g/mol. The Morgan fingerprint density at radius 3 is 2.15 bits per heavy atom. The third kappa shape index (κ3) is 2.89. The summed E-state index contributed by atoms with van der Waals surface area (Å²) in [6, 6.07) is 8.19. The number of hydrogen-bond acceptors (Lipinski definition) is 5. The van der Waals surface area contributed by atoms with Crippen LogP contribution >= 0.6 is 0 Å². The van der Waals surface area contributed by atoms with Crippen molar-refractivity contribution in [3.63, 3.8) is 0 Å². The van der Waals surface area contributed by atoms with Crippen LogP contribution in [-0.4, -0.2) is 26.2 Å². The maximum Gasteiger partial charge on any atom is 0.193 e. The minimum absolute atomic E-state index is 0.0647. The Kier molecular flexibility index (Phi) is 3.61. The first kappa shape index (κ1) is 13.5. The molecule has 2 rings (SSSR count). The number of ketones is 1. The maximum absolute atomic E-state index is 11.9. The number of allylic oxidation sites excluding steroid dienone is 1. The van der Waals surface area contributed by atoms with Gasteiger partial charge < -0.3 is 20.4 Å². The number of aromatic hydroxyl groups is 4. The lowest BCUT2D eigenvalue weighted by atomic mass is 10.1. The van der Waals surface area contributed by atoms with Crippen LogP contribution in [0.3, 0.4) is 0 Å². The highest BCUT2D eigenvalue weighted by atomic mass is 16.3. The van der Waals surface area contributed by atoms with E-state index >= 15 is 0 Å². The molecule has 0 aliphatic carbocycles. The van der Waals surface area contributed by atoms with Crippen LogP contribution in [0.5, 0.6) is 23.0 Å². The topological polar surface area (TPSA) is 98.0 Å². The van der Waals surface area contributed by atoms with Crippen molar-refractivity contribution in [2.75, 3.05) is 0 Å². The highest BCUT2D eigenvalue weighted by molar-refractivity contribution is 6.10. The van der Waals surface area contributed by atoms with E-state index in [9.17, 15) is 20.1 Å². The first-order valence-corrected chi connectivity index (χ1v) is 5.74. The van der Waals surface area contributed by atoms with Crippen LogP contribution in [0.4, 0.5) is 0 Å². The van der Waals surface area contributed by atoms with Gasteiger partial charge in [-0.1, -0.05) is 18.2 Å². The molecule has 4 N–H and O–H groups in total. The predicted molar refractivity (Wildman–Crippen MR) is 72.9 cm³/mol. The first-order valence-electron chi connectivity index (χ1n) is 5.74. The largest absolute Gasteiger partial charge is 0.508 e. The molecule has 0 aromatic heterocycles. The normalized spacial score (nSPS) is 10.8. The second-order valence-electron chi connectivity index (χ2n) is 4.15. The number of benzene rings is 2. The standard InChI is InChI=1S/C15H12O5/c16-10-3-1-2-9(6-10)4-5-12(18)15-13(19)7-11(17)8-14(15)20/h1-8,16-17,19-20H. The molecule has 20 heavy (non-hydrogen) atoms. The summed E-state index contributed by atoms with van der Waals surface area (Å²) in [7, 11) is 0. The summed E-state index contributed by atoms with van der Waals surface area (Å²) in [5.41, 5.74) is 0.301. The van der Waals surface area contributed by atoms with Crippen molar-refractivity contribution in [2.24, 2.45) is 0 Å². The van der Waals surface area contributed by atoms with Gasteiger partial charge in [0.25, 0.3) is 0 Å². The number of rotatable bonds is 3. The Morgan fingerprint density at radius 1 is 0.900 bits per heavy atom. The number of hydrogen-bond donors (Lipinski definition) is 4. The fourth-order valence-electron chi connectivity index (χ4n) is 1.73. The van der Waals surface area contributed by atoms with Crippen LogP contribution in [0.2, 0.25) is 0 Å². The highest BCUT2D eigenvalue weighted by Crippen LogP contribution is 2.32. The quantitative estimate of drug-likeness (QED) is 0.508. The Bertz CT molecular complexity index is 665. The van der Waals surface area contributed by atoms with Gasteiger partial charge in [0, 0.05) is 12.1 Å². The number of carbonyl (C=O) groups excluding carboxylic acids is 1. The lowest BCUT2D eigenvalue weighted by molar-refractivity contribution is 0.104. The molecule has 0 amide bonds. The van der Waals surface area contributed by atoms with Crippen molar-refractivity contribution in [3.05, 3.63) is 53.6 Å². The molecule has 0 aliphatic heterocycles. The van der Waals surface area contributed by atoms with Gasteiger partial charge in [-0.15, -0.1) is 0 Å². The van der Waals surface area contributed by atoms with E-state index in [1.807, 2.05) is 0 Å². The summed E-state index contributed by atoms with van der Waals surface area (Å²) >= 11 is 0. The number of phenols is 4. The van der Waals surface area contributed by atoms with Gasteiger partial charge in [-0.3, -0.25) is 4.79 Å². The third-order valence-electron chi connectivity index (χ3n) is 2.63. The second kappa shape index (κ2) is 5.36. The molecule has 2 aromatic carbocycles. The number of phenolic OH excluding ortho intramolecular Hbond substituents is 4. The average Bonchev–Trinajstić information content (AvgIpc) is 2.35. The van der Waals surface area contributed by atoms with E-state index in [0.717, 1.165) is 18.2 Å². The van der Waals surface area contributed by atoms with Crippen LogP contribution in [0.1, 0.15) is 15.9 Å². The lowest BCUT2D eigenvalue weighted by Crippen LogP contribution is -1.95. The zero-order valence-electron chi connectivity index (χ0n) is 10.3. The van der Waals surface area contributed by atoms with Gasteiger partial charge in [0.05, 0.1) is 0 Å². The minimum atomic E-state index is -0.622. The highest BCUT2D eigenvalue weighted by Gasteiger charge is 2.15. The average molecular weight is 272 g/mol. The first-order chi connectivity index (χ1) is 9.47. The summed E-state index contributed by atoms with van der Waals surface area (Å²) in [5, 5.41) is 37.6. The Balaban J connectivity index is 2.29. The summed E-state index contributed by atoms with van der Waals surface area (Å²) < 4.78 is 0. The molecular formula is C15H12O5. The lowest BCUT2D eigenvalue weighted by Gasteiger charge is -2.04. The summed E-state index contributed by atoms with van der Waals surface area (Å²) in [6.07, 6.45) is 2.59. The molecule has 0 saturated carbocycles. The van der Waals surface area contributed by atoms with E-state index in [0.29, 0.717) is 5.56 Å². The zero-order valence-corrected chi connectivity index (χ0v) is 10.3. The Morgan fingerprint density at radius 2 is 1.55 bits per heavy atom. The van der Waals surface area contributed by atoms with Crippen molar-refractivity contribution < 1.29 is 25.2 Å². The third-order valence-corrected chi connectivity index (χ3v) is 2.63. The van der Waals surface area contributed by atoms with Crippen LogP contribution < -0.4 is 0 Å². The van der Waals surface area contributed by atoms with Gasteiger partial charge in [0.15, 0.2) is 5.78 Å².